The monoisotopic (exact) mass is 418 g/mol. The number of carboxylic acids is 1. The van der Waals surface area contributed by atoms with Crippen molar-refractivity contribution in [3.8, 4) is 0 Å². The van der Waals surface area contributed by atoms with Crippen LogP contribution >= 0.6 is 11.6 Å². The number of aliphatic carboxylic acids is 1. The summed E-state index contributed by atoms with van der Waals surface area (Å²) in [6.07, 6.45) is 12.6. The second-order valence-electron chi connectivity index (χ2n) is 8.04. The number of aliphatic hydroxyl groups excluding tert-OH is 1. The van der Waals surface area contributed by atoms with Gasteiger partial charge in [-0.2, -0.15) is 0 Å². The van der Waals surface area contributed by atoms with Gasteiger partial charge in [0.2, 0.25) is 0 Å². The fourth-order valence-electron chi connectivity index (χ4n) is 4.01. The highest BCUT2D eigenvalue weighted by Gasteiger charge is 2.39. The van der Waals surface area contributed by atoms with E-state index >= 15 is 0 Å². The van der Waals surface area contributed by atoms with Gasteiger partial charge in [0.1, 0.15) is 0 Å². The van der Waals surface area contributed by atoms with Crippen molar-refractivity contribution in [2.45, 2.75) is 94.8 Å². The van der Waals surface area contributed by atoms with E-state index in [1.807, 2.05) is 0 Å². The van der Waals surface area contributed by atoms with Crippen molar-refractivity contribution < 1.29 is 24.5 Å². The summed E-state index contributed by atoms with van der Waals surface area (Å²) in [5.74, 6) is -0.398. The molecular weight excluding hydrogens is 380 g/mol. The van der Waals surface area contributed by atoms with Gasteiger partial charge in [-0.25, -0.2) is 0 Å². The normalized spacial score (nSPS) is 27.3. The number of unbranched alkanes of at least 4 members (excludes halogenated alkanes) is 3. The molecule has 0 radical (unpaired) electrons. The van der Waals surface area contributed by atoms with Crippen LogP contribution in [0.4, 0.5) is 0 Å². The number of hydrogen-bond acceptors (Lipinski definition) is 4. The summed E-state index contributed by atoms with van der Waals surface area (Å²) < 4.78 is 10.9. The number of hydrogen-bond donors (Lipinski definition) is 2. The average molecular weight is 419 g/mol. The van der Waals surface area contributed by atoms with Crippen LogP contribution in [0.3, 0.4) is 0 Å². The topological polar surface area (TPSA) is 76.0 Å². The predicted molar refractivity (Wildman–Crippen MR) is 113 cm³/mol. The molecule has 0 amide bonds. The van der Waals surface area contributed by atoms with Crippen molar-refractivity contribution in [2.24, 2.45) is 11.8 Å². The first-order chi connectivity index (χ1) is 13.4. The third-order valence-electron chi connectivity index (χ3n) is 5.90. The van der Waals surface area contributed by atoms with E-state index < -0.39 is 12.1 Å². The largest absolute Gasteiger partial charge is 0.481 e. The molecular formula is C22H39ClO5. The first-order valence-electron chi connectivity index (χ1n) is 10.7. The molecule has 0 aromatic carbocycles. The zero-order chi connectivity index (χ0) is 20.9. The van der Waals surface area contributed by atoms with Crippen molar-refractivity contribution in [1.29, 1.82) is 0 Å². The molecule has 28 heavy (non-hydrogen) atoms. The highest BCUT2D eigenvalue weighted by Crippen LogP contribution is 2.40. The van der Waals surface area contributed by atoms with Gasteiger partial charge >= 0.3 is 5.97 Å². The number of halogens is 1. The Morgan fingerprint density at radius 1 is 1.14 bits per heavy atom. The van der Waals surface area contributed by atoms with E-state index in [-0.39, 0.29) is 35.8 Å². The molecule has 0 aromatic rings. The summed E-state index contributed by atoms with van der Waals surface area (Å²) in [7, 11) is 3.45. The Bertz CT molecular complexity index is 456. The number of carbonyl (C=O) groups is 1. The molecule has 0 aromatic heterocycles. The molecule has 0 unspecified atom stereocenters. The maximum Gasteiger partial charge on any atom is 0.303 e. The molecule has 6 atom stereocenters. The Balaban J connectivity index is 2.45. The second kappa shape index (κ2) is 14.4. The lowest BCUT2D eigenvalue weighted by molar-refractivity contribution is -0.137. The van der Waals surface area contributed by atoms with Crippen LogP contribution in [-0.4, -0.2) is 54.1 Å². The van der Waals surface area contributed by atoms with Crippen LogP contribution in [0.2, 0.25) is 0 Å². The summed E-state index contributed by atoms with van der Waals surface area (Å²) in [4.78, 5) is 10.6. The summed E-state index contributed by atoms with van der Waals surface area (Å²) in [5, 5.41) is 19.1. The summed E-state index contributed by atoms with van der Waals surface area (Å²) in [6.45, 7) is 2.07. The number of aliphatic hydroxyl groups is 1. The highest BCUT2D eigenvalue weighted by molar-refractivity contribution is 6.21. The number of carboxylic acid groups (broad SMARTS) is 1. The van der Waals surface area contributed by atoms with E-state index in [1.54, 1.807) is 14.2 Å². The first kappa shape index (κ1) is 25.4. The van der Waals surface area contributed by atoms with Crippen LogP contribution in [-0.2, 0) is 14.3 Å². The molecule has 1 aliphatic carbocycles. The van der Waals surface area contributed by atoms with Crippen molar-refractivity contribution in [3.63, 3.8) is 0 Å². The van der Waals surface area contributed by atoms with E-state index in [4.69, 9.17) is 26.2 Å². The number of alkyl halides is 1. The molecule has 1 fully saturated rings. The minimum Gasteiger partial charge on any atom is -0.481 e. The Hall–Kier alpha value is -0.620. The summed E-state index contributed by atoms with van der Waals surface area (Å²) in [5.41, 5.74) is 0. The van der Waals surface area contributed by atoms with Gasteiger partial charge in [-0.15, -0.1) is 11.6 Å². The van der Waals surface area contributed by atoms with Gasteiger partial charge in [-0.05, 0) is 51.4 Å². The minimum absolute atomic E-state index is 0.00721. The Morgan fingerprint density at radius 3 is 2.50 bits per heavy atom. The quantitative estimate of drug-likeness (QED) is 0.227. The van der Waals surface area contributed by atoms with E-state index in [9.17, 15) is 9.90 Å². The van der Waals surface area contributed by atoms with Gasteiger partial charge in [0.25, 0.3) is 0 Å². The second-order valence-corrected chi connectivity index (χ2v) is 8.60. The molecule has 2 N–H and O–H groups in total. The van der Waals surface area contributed by atoms with Gasteiger partial charge in [-0.1, -0.05) is 31.4 Å². The Morgan fingerprint density at radius 2 is 1.86 bits per heavy atom. The molecule has 6 heteroatoms. The summed E-state index contributed by atoms with van der Waals surface area (Å²) in [6, 6.07) is 0. The van der Waals surface area contributed by atoms with Crippen LogP contribution < -0.4 is 0 Å². The summed E-state index contributed by atoms with van der Waals surface area (Å²) >= 11 is 6.52. The lowest BCUT2D eigenvalue weighted by atomic mass is 9.88. The van der Waals surface area contributed by atoms with Crippen LogP contribution in [0.25, 0.3) is 0 Å². The molecule has 164 valence electrons. The lowest BCUT2D eigenvalue weighted by Crippen LogP contribution is -2.20. The first-order valence-corrected chi connectivity index (χ1v) is 11.1. The molecule has 0 bridgehead atoms. The van der Waals surface area contributed by atoms with Crippen molar-refractivity contribution in [2.75, 3.05) is 14.2 Å². The van der Waals surface area contributed by atoms with E-state index in [2.05, 4.69) is 19.1 Å². The molecule has 5 nitrogen and oxygen atoms in total. The fourth-order valence-corrected chi connectivity index (χ4v) is 4.49. The molecule has 1 rings (SSSR count). The third kappa shape index (κ3) is 9.73. The van der Waals surface area contributed by atoms with Gasteiger partial charge in [0, 0.05) is 31.9 Å². The van der Waals surface area contributed by atoms with Gasteiger partial charge in [0.15, 0.2) is 0 Å². The van der Waals surface area contributed by atoms with Gasteiger partial charge < -0.3 is 19.7 Å². The van der Waals surface area contributed by atoms with Crippen molar-refractivity contribution in [1.82, 2.24) is 0 Å². The van der Waals surface area contributed by atoms with Crippen LogP contribution in [0.15, 0.2) is 12.2 Å². The maximum atomic E-state index is 10.6. The molecule has 1 aliphatic rings. The predicted octanol–water partition coefficient (Wildman–Crippen LogP) is 4.79. The third-order valence-corrected chi connectivity index (χ3v) is 6.40. The molecule has 0 heterocycles. The highest BCUT2D eigenvalue weighted by atomic mass is 35.5. The smallest absolute Gasteiger partial charge is 0.303 e. The van der Waals surface area contributed by atoms with E-state index in [1.165, 1.54) is 0 Å². The van der Waals surface area contributed by atoms with E-state index in [0.29, 0.717) is 6.42 Å². The van der Waals surface area contributed by atoms with Crippen LogP contribution in [0.1, 0.15) is 71.1 Å². The SMILES string of the molecule is CO[C@H](C)CCC[C@@H](C=C[C@@H]1[C@@H](CCCCCCC(=O)O)[C@H](Cl)C[C@H]1O)OC. The standard InChI is InChI=1S/C22H39ClO5/c1-16(27-2)9-8-10-17(28-3)13-14-19-18(20(23)15-21(19)24)11-6-4-5-7-12-22(25)26/h13-14,16-21,24H,4-12,15H2,1-3H3,(H,25,26)/t16-,17+,18-,19-,20-,21-/m1/s1. The number of methoxy groups -OCH3 is 2. The lowest BCUT2D eigenvalue weighted by Gasteiger charge is -2.21. The molecule has 0 aliphatic heterocycles. The van der Waals surface area contributed by atoms with Crippen molar-refractivity contribution in [3.05, 3.63) is 12.2 Å². The molecule has 0 spiro atoms. The zero-order valence-corrected chi connectivity index (χ0v) is 18.4. The maximum absolute atomic E-state index is 10.6. The van der Waals surface area contributed by atoms with Crippen molar-refractivity contribution >= 4 is 17.6 Å². The minimum atomic E-state index is -0.727. The van der Waals surface area contributed by atoms with E-state index in [0.717, 1.165) is 51.4 Å². The fraction of sp³-hybridized carbons (Fsp3) is 0.864. The Labute approximate surface area is 175 Å². The Kier molecular flexibility index (Phi) is 13.0. The molecule has 0 saturated heterocycles. The number of ether oxygens (including phenoxy) is 2. The molecule has 1 saturated carbocycles. The average Bonchev–Trinajstić information content (AvgIpc) is 2.93. The van der Waals surface area contributed by atoms with Gasteiger partial charge in [-0.3, -0.25) is 4.79 Å². The van der Waals surface area contributed by atoms with Crippen LogP contribution in [0.5, 0.6) is 0 Å². The van der Waals surface area contributed by atoms with Crippen LogP contribution in [0, 0.1) is 11.8 Å². The van der Waals surface area contributed by atoms with Gasteiger partial charge in [0.05, 0.1) is 18.3 Å². The zero-order valence-electron chi connectivity index (χ0n) is 17.7. The number of rotatable bonds is 15.